The average Bonchev–Trinajstić information content (AvgIpc) is 3.83. The maximum Gasteiger partial charge on any atom is 0.0541 e. The van der Waals surface area contributed by atoms with E-state index in [4.69, 9.17) is 0 Å². The molecular formula is C58H42N2. The van der Waals surface area contributed by atoms with E-state index in [1.165, 1.54) is 141 Å². The lowest BCUT2D eigenvalue weighted by atomic mass is 9.84. The molecule has 0 fully saturated rings. The van der Waals surface area contributed by atoms with E-state index in [9.17, 15) is 0 Å². The number of aromatic nitrogens is 2. The lowest BCUT2D eigenvalue weighted by Gasteiger charge is -2.20. The number of nitrogens with zero attached hydrogens (tertiary/aromatic N) is 2. The molecule has 0 aliphatic heterocycles. The Morgan fingerprint density at radius 1 is 0.400 bits per heavy atom. The topological polar surface area (TPSA) is 9.86 Å². The van der Waals surface area contributed by atoms with Crippen molar-refractivity contribution in [2.24, 2.45) is 0 Å². The van der Waals surface area contributed by atoms with Gasteiger partial charge in [0.25, 0.3) is 0 Å². The van der Waals surface area contributed by atoms with Gasteiger partial charge in [0.05, 0.1) is 22.1 Å². The normalized spacial score (nSPS) is 14.3. The highest BCUT2D eigenvalue weighted by atomic mass is 15.0. The van der Waals surface area contributed by atoms with Crippen LogP contribution in [0.5, 0.6) is 0 Å². The number of hydrogen-bond acceptors (Lipinski definition) is 0. The molecule has 2 aliphatic rings. The molecule has 0 amide bonds. The molecule has 2 aliphatic carbocycles. The summed E-state index contributed by atoms with van der Waals surface area (Å²) >= 11 is 0. The number of hydrogen-bond donors (Lipinski definition) is 0. The largest absolute Gasteiger partial charge is 0.313 e. The molecule has 13 rings (SSSR count). The second-order valence-corrected chi connectivity index (χ2v) is 17.0. The summed E-state index contributed by atoms with van der Waals surface area (Å²) in [5, 5.41) is 13.2. The van der Waals surface area contributed by atoms with Crippen LogP contribution in [0, 0.1) is 0 Å². The van der Waals surface area contributed by atoms with E-state index >= 15 is 0 Å². The lowest BCUT2D eigenvalue weighted by molar-refractivity contribution is 0.690. The second kappa shape index (κ2) is 13.2. The minimum atomic E-state index is 1.05. The number of allylic oxidation sites excluding steroid dienone is 4. The molecule has 0 spiro atoms. The Hall–Kier alpha value is -7.16. The third-order valence-corrected chi connectivity index (χ3v) is 13.7. The van der Waals surface area contributed by atoms with Crippen molar-refractivity contribution in [2.75, 3.05) is 0 Å². The Morgan fingerprint density at radius 3 is 1.80 bits per heavy atom. The third kappa shape index (κ3) is 5.07. The molecule has 284 valence electrons. The molecule has 2 nitrogen and oxygen atoms in total. The van der Waals surface area contributed by atoms with Crippen LogP contribution in [0.2, 0.25) is 0 Å². The summed E-state index contributed by atoms with van der Waals surface area (Å²) in [5.74, 6) is 0. The minimum Gasteiger partial charge on any atom is -0.313 e. The van der Waals surface area contributed by atoms with E-state index < -0.39 is 0 Å². The molecule has 0 atom stereocenters. The van der Waals surface area contributed by atoms with Gasteiger partial charge in [0.15, 0.2) is 0 Å². The smallest absolute Gasteiger partial charge is 0.0541 e. The molecular weight excluding hydrogens is 725 g/mol. The highest BCUT2D eigenvalue weighted by Gasteiger charge is 2.19. The Bertz CT molecular complexity index is 3660. The molecule has 9 aromatic carbocycles. The Kier molecular flexibility index (Phi) is 7.42. The van der Waals surface area contributed by atoms with Crippen LogP contribution in [0.15, 0.2) is 182 Å². The zero-order valence-electron chi connectivity index (χ0n) is 33.5. The van der Waals surface area contributed by atoms with E-state index in [1.54, 1.807) is 5.56 Å². The van der Waals surface area contributed by atoms with Gasteiger partial charge >= 0.3 is 0 Å². The number of fused-ring (bicyclic) bond motifs is 12. The van der Waals surface area contributed by atoms with Crippen molar-refractivity contribution < 1.29 is 0 Å². The molecule has 2 heteroatoms. The van der Waals surface area contributed by atoms with Gasteiger partial charge < -0.3 is 9.13 Å². The van der Waals surface area contributed by atoms with Crippen molar-refractivity contribution in [3.63, 3.8) is 0 Å². The Labute approximate surface area is 348 Å². The fourth-order valence-corrected chi connectivity index (χ4v) is 10.9. The number of benzene rings is 9. The van der Waals surface area contributed by atoms with Gasteiger partial charge in [-0.05, 0) is 171 Å². The first-order valence-electron chi connectivity index (χ1n) is 21.7. The minimum absolute atomic E-state index is 1.05. The predicted molar refractivity (Wildman–Crippen MR) is 256 cm³/mol. The van der Waals surface area contributed by atoms with Crippen molar-refractivity contribution in [2.45, 2.75) is 38.5 Å². The molecule has 0 unspecified atom stereocenters. The van der Waals surface area contributed by atoms with Crippen LogP contribution in [0.4, 0.5) is 0 Å². The molecule has 2 aromatic heterocycles. The number of rotatable bonds is 4. The summed E-state index contributed by atoms with van der Waals surface area (Å²) in [5.41, 5.74) is 15.7. The quantitative estimate of drug-likeness (QED) is 0.158. The van der Waals surface area contributed by atoms with Crippen molar-refractivity contribution >= 4 is 81.6 Å². The maximum atomic E-state index is 2.47. The molecule has 60 heavy (non-hydrogen) atoms. The van der Waals surface area contributed by atoms with Crippen LogP contribution in [-0.2, 0) is 12.8 Å². The predicted octanol–water partition coefficient (Wildman–Crippen LogP) is 15.8. The summed E-state index contributed by atoms with van der Waals surface area (Å²) in [6, 6.07) is 62.1. The van der Waals surface area contributed by atoms with Crippen LogP contribution in [0.25, 0.3) is 110 Å². The lowest BCUT2D eigenvalue weighted by Crippen LogP contribution is -2.03. The summed E-state index contributed by atoms with van der Waals surface area (Å²) in [4.78, 5) is 0. The van der Waals surface area contributed by atoms with E-state index in [1.807, 2.05) is 0 Å². The fraction of sp³-hybridized carbons (Fsp3) is 0.103. The summed E-state index contributed by atoms with van der Waals surface area (Å²) in [6.07, 6.45) is 13.8. The zero-order chi connectivity index (χ0) is 39.3. The Balaban J connectivity index is 0.942. The summed E-state index contributed by atoms with van der Waals surface area (Å²) in [7, 11) is 0. The van der Waals surface area contributed by atoms with Gasteiger partial charge in [-0.1, -0.05) is 115 Å². The van der Waals surface area contributed by atoms with Gasteiger partial charge in [0.1, 0.15) is 0 Å². The molecule has 0 radical (unpaired) electrons. The van der Waals surface area contributed by atoms with Crippen LogP contribution in [-0.4, -0.2) is 9.13 Å². The van der Waals surface area contributed by atoms with E-state index in [0.29, 0.717) is 0 Å². The van der Waals surface area contributed by atoms with Crippen LogP contribution in [0.1, 0.15) is 36.8 Å². The molecule has 0 N–H and O–H groups in total. The standard InChI is InChI=1S/C58H42N2/c1-2-13-44(14-3-1)59-54-20-10-8-17-48(54)52-34-39(27-30-56(52)59)40-28-31-57-53(35-40)49-18-9-11-21-55(49)60(57)45-29-26-37-22-24-41(32-43(37)33-45)51-36-42-25-23-38-12-4-5-15-46(38)58(42)50-19-7-6-16-47(50)51/h1-2,6-11,13,16-36H,3-5,12,14-15H2. The number of para-hydroxylation sites is 2. The second-order valence-electron chi connectivity index (χ2n) is 17.0. The first-order chi connectivity index (χ1) is 29.7. The van der Waals surface area contributed by atoms with E-state index in [2.05, 4.69) is 191 Å². The highest BCUT2D eigenvalue weighted by Crippen LogP contribution is 2.42. The number of aryl methyl sites for hydroxylation is 2. The van der Waals surface area contributed by atoms with Gasteiger partial charge in [-0.3, -0.25) is 0 Å². The fourth-order valence-electron chi connectivity index (χ4n) is 10.9. The van der Waals surface area contributed by atoms with Crippen molar-refractivity contribution in [1.29, 1.82) is 0 Å². The first kappa shape index (κ1) is 33.8. The van der Waals surface area contributed by atoms with Gasteiger partial charge in [0.2, 0.25) is 0 Å². The third-order valence-electron chi connectivity index (χ3n) is 13.7. The Morgan fingerprint density at radius 2 is 1.03 bits per heavy atom. The van der Waals surface area contributed by atoms with Crippen LogP contribution in [0.3, 0.4) is 0 Å². The monoisotopic (exact) mass is 766 g/mol. The van der Waals surface area contributed by atoms with E-state index in [0.717, 1.165) is 12.8 Å². The van der Waals surface area contributed by atoms with E-state index in [-0.39, 0.29) is 0 Å². The molecule has 11 aromatic rings. The maximum absolute atomic E-state index is 2.47. The molecule has 2 heterocycles. The zero-order valence-corrected chi connectivity index (χ0v) is 33.5. The van der Waals surface area contributed by atoms with Gasteiger partial charge in [-0.25, -0.2) is 0 Å². The summed E-state index contributed by atoms with van der Waals surface area (Å²) < 4.78 is 4.93. The van der Waals surface area contributed by atoms with Crippen LogP contribution >= 0.6 is 0 Å². The van der Waals surface area contributed by atoms with Crippen molar-refractivity contribution in [3.8, 4) is 27.9 Å². The van der Waals surface area contributed by atoms with Gasteiger partial charge in [0, 0.05) is 32.9 Å². The molecule has 0 saturated carbocycles. The van der Waals surface area contributed by atoms with Crippen molar-refractivity contribution in [3.05, 3.63) is 193 Å². The molecule has 0 saturated heterocycles. The van der Waals surface area contributed by atoms with Gasteiger partial charge in [-0.2, -0.15) is 0 Å². The first-order valence-corrected chi connectivity index (χ1v) is 21.7. The van der Waals surface area contributed by atoms with Crippen molar-refractivity contribution in [1.82, 2.24) is 9.13 Å². The SMILES string of the molecule is C1=CCCC(n2c3ccccc3c3cc(-c4ccc5c(c4)c4ccccc4n5-c4ccc5ccc(-c6cc7ccc8c(c7c7ccccc67)CCCC8)cc5c4)ccc32)=C1. The van der Waals surface area contributed by atoms with Crippen LogP contribution < -0.4 is 0 Å². The molecule has 0 bridgehead atoms. The van der Waals surface area contributed by atoms with Gasteiger partial charge in [-0.15, -0.1) is 0 Å². The summed E-state index contributed by atoms with van der Waals surface area (Å²) in [6.45, 7) is 0. The highest BCUT2D eigenvalue weighted by molar-refractivity contribution is 6.16. The average molecular weight is 767 g/mol.